The zero-order valence-corrected chi connectivity index (χ0v) is 21.5. The molecule has 2 aromatic carbocycles. The van der Waals surface area contributed by atoms with Crippen molar-refractivity contribution >= 4 is 22.8 Å². The number of anilines is 1. The topological polar surface area (TPSA) is 97.5 Å². The number of carbonyl (C=O) groups is 1. The number of ether oxygens (including phenoxy) is 1. The van der Waals surface area contributed by atoms with Crippen LogP contribution in [0.25, 0.3) is 22.2 Å². The van der Waals surface area contributed by atoms with E-state index in [-0.39, 0.29) is 29.9 Å². The highest BCUT2D eigenvalue weighted by Crippen LogP contribution is 2.27. The number of hydrogen-bond acceptors (Lipinski definition) is 6. The Labute approximate surface area is 222 Å². The third-order valence-corrected chi connectivity index (χ3v) is 7.40. The fraction of sp³-hybridized carbons (Fsp3) is 0.333. The number of aryl methyl sites for hydroxylation is 1. The highest BCUT2D eigenvalue weighted by atomic mass is 19.3. The van der Waals surface area contributed by atoms with E-state index in [2.05, 4.69) is 20.2 Å². The number of nitrogens with one attached hydrogen (secondary N) is 1. The lowest BCUT2D eigenvalue weighted by molar-refractivity contribution is -0.0505. The van der Waals surface area contributed by atoms with Crippen LogP contribution in [0.15, 0.2) is 53.6 Å². The molecule has 4 aromatic rings. The first-order chi connectivity index (χ1) is 18.8. The van der Waals surface area contributed by atoms with Crippen molar-refractivity contribution in [2.24, 2.45) is 7.05 Å². The van der Waals surface area contributed by atoms with E-state index in [0.29, 0.717) is 48.3 Å². The minimum atomic E-state index is -2.95. The summed E-state index contributed by atoms with van der Waals surface area (Å²) in [6, 6.07) is 10.5. The van der Waals surface area contributed by atoms with Crippen LogP contribution in [-0.2, 0) is 13.6 Å². The molecule has 2 amide bonds. The number of hydrogen-bond donors (Lipinski definition) is 1. The van der Waals surface area contributed by atoms with Crippen LogP contribution in [0.5, 0.6) is 5.75 Å². The van der Waals surface area contributed by atoms with E-state index >= 15 is 0 Å². The highest BCUT2D eigenvalue weighted by molar-refractivity contribution is 5.84. The average molecular weight is 536 g/mol. The van der Waals surface area contributed by atoms with Gasteiger partial charge in [0.15, 0.2) is 0 Å². The van der Waals surface area contributed by atoms with Gasteiger partial charge < -0.3 is 19.9 Å². The second-order valence-corrected chi connectivity index (χ2v) is 9.85. The van der Waals surface area contributed by atoms with Crippen molar-refractivity contribution in [3.8, 4) is 17.0 Å². The minimum absolute atomic E-state index is 0.0176. The monoisotopic (exact) mass is 535 g/mol. The van der Waals surface area contributed by atoms with Crippen LogP contribution in [0, 0.1) is 6.92 Å². The second kappa shape index (κ2) is 9.68. The summed E-state index contributed by atoms with van der Waals surface area (Å²) in [5, 5.41) is 3.38. The van der Waals surface area contributed by atoms with Crippen LogP contribution >= 0.6 is 0 Å². The molecule has 0 aliphatic carbocycles. The number of carbonyl (C=O) groups excluding carboxylic acids is 1. The van der Waals surface area contributed by atoms with E-state index in [0.717, 1.165) is 16.9 Å². The standard InChI is InChI=1S/C27H27F2N7O3/c1-16-3-6-23(39-26(28)29)18(9-16)14-36-22-10-17(4-5-20(22)25(37)33(36)2)21-12-31-24(13-30-21)34-7-8-35-19(15-34)11-32-27(35)38/h3-6,9-10,12-13,19,26H,7-8,11,14-15H2,1-2H3,(H,32,38)/t19-/m0/s1. The van der Waals surface area contributed by atoms with Crippen molar-refractivity contribution < 1.29 is 18.3 Å². The van der Waals surface area contributed by atoms with Gasteiger partial charge in [-0.15, -0.1) is 0 Å². The van der Waals surface area contributed by atoms with E-state index in [9.17, 15) is 18.4 Å². The minimum Gasteiger partial charge on any atom is -0.434 e. The van der Waals surface area contributed by atoms with E-state index < -0.39 is 6.61 Å². The summed E-state index contributed by atoms with van der Waals surface area (Å²) in [6.07, 6.45) is 3.42. The molecular formula is C27H27F2N7O3. The molecule has 1 atom stereocenters. The lowest BCUT2D eigenvalue weighted by Crippen LogP contribution is -2.52. The molecule has 1 N–H and O–H groups in total. The summed E-state index contributed by atoms with van der Waals surface area (Å²) < 4.78 is 34.0. The van der Waals surface area contributed by atoms with E-state index in [1.807, 2.05) is 24.0 Å². The van der Waals surface area contributed by atoms with Gasteiger partial charge in [-0.25, -0.2) is 9.78 Å². The lowest BCUT2D eigenvalue weighted by atomic mass is 10.1. The van der Waals surface area contributed by atoms with Crippen molar-refractivity contribution in [1.82, 2.24) is 29.5 Å². The number of urea groups is 1. The number of aromatic nitrogens is 4. The second-order valence-electron chi connectivity index (χ2n) is 9.85. The Morgan fingerprint density at radius 3 is 2.72 bits per heavy atom. The number of fused-ring (bicyclic) bond motifs is 2. The Morgan fingerprint density at radius 2 is 1.95 bits per heavy atom. The summed E-state index contributed by atoms with van der Waals surface area (Å²) in [6.45, 7) is 1.70. The maximum atomic E-state index is 13.0. The number of benzene rings is 2. The zero-order valence-electron chi connectivity index (χ0n) is 21.5. The van der Waals surface area contributed by atoms with Crippen molar-refractivity contribution in [3.05, 3.63) is 70.3 Å². The summed E-state index contributed by atoms with van der Waals surface area (Å²) >= 11 is 0. The SMILES string of the molecule is Cc1ccc(OC(F)F)c(Cn2c3cc(-c4cnc(N5CCN6C(=O)NC[C@H]6C5)cn4)ccc3c(=O)n2C)c1. The Hall–Kier alpha value is -4.48. The third-order valence-electron chi connectivity index (χ3n) is 7.40. The van der Waals surface area contributed by atoms with E-state index in [1.165, 1.54) is 10.7 Å². The molecule has 0 unspecified atom stereocenters. The normalized spacial score (nSPS) is 17.2. The summed E-state index contributed by atoms with van der Waals surface area (Å²) in [5.74, 6) is 0.808. The number of halogens is 2. The van der Waals surface area contributed by atoms with Gasteiger partial charge in [-0.1, -0.05) is 23.8 Å². The highest BCUT2D eigenvalue weighted by Gasteiger charge is 2.35. The van der Waals surface area contributed by atoms with Crippen LogP contribution < -0.4 is 20.5 Å². The van der Waals surface area contributed by atoms with Gasteiger partial charge in [0.05, 0.1) is 41.6 Å². The molecule has 2 aliphatic rings. The van der Waals surface area contributed by atoms with Gasteiger partial charge in [0.2, 0.25) is 0 Å². The van der Waals surface area contributed by atoms with Gasteiger partial charge in [0, 0.05) is 44.4 Å². The third kappa shape index (κ3) is 4.55. The number of nitrogens with zero attached hydrogens (tertiary/aromatic N) is 6. The molecule has 6 rings (SSSR count). The average Bonchev–Trinajstić information content (AvgIpc) is 3.42. The Morgan fingerprint density at radius 1 is 1.10 bits per heavy atom. The molecule has 0 radical (unpaired) electrons. The van der Waals surface area contributed by atoms with Crippen molar-refractivity contribution in [2.45, 2.75) is 26.1 Å². The quantitative estimate of drug-likeness (QED) is 0.408. The van der Waals surface area contributed by atoms with Gasteiger partial charge in [0.1, 0.15) is 11.6 Å². The van der Waals surface area contributed by atoms with Crippen LogP contribution in [0.3, 0.4) is 0 Å². The van der Waals surface area contributed by atoms with Crippen LogP contribution in [0.1, 0.15) is 11.1 Å². The molecule has 2 aliphatic heterocycles. The fourth-order valence-electron chi connectivity index (χ4n) is 5.37. The summed E-state index contributed by atoms with van der Waals surface area (Å²) in [7, 11) is 1.65. The zero-order chi connectivity index (χ0) is 27.3. The van der Waals surface area contributed by atoms with E-state index in [4.69, 9.17) is 4.74 Å². The van der Waals surface area contributed by atoms with Gasteiger partial charge in [-0.2, -0.15) is 8.78 Å². The Kier molecular flexibility index (Phi) is 6.16. The van der Waals surface area contributed by atoms with Gasteiger partial charge in [-0.3, -0.25) is 19.1 Å². The Balaban J connectivity index is 1.30. The molecule has 2 aromatic heterocycles. The smallest absolute Gasteiger partial charge is 0.387 e. The first kappa shape index (κ1) is 24.8. The molecule has 4 heterocycles. The van der Waals surface area contributed by atoms with Crippen LogP contribution in [-0.4, -0.2) is 69.1 Å². The van der Waals surface area contributed by atoms with Crippen molar-refractivity contribution in [2.75, 3.05) is 31.1 Å². The van der Waals surface area contributed by atoms with Gasteiger partial charge in [-0.05, 0) is 25.1 Å². The predicted molar refractivity (Wildman–Crippen MR) is 141 cm³/mol. The van der Waals surface area contributed by atoms with Gasteiger partial charge >= 0.3 is 12.6 Å². The first-order valence-corrected chi connectivity index (χ1v) is 12.6. The number of alkyl halides is 2. The molecule has 0 spiro atoms. The number of piperazine rings is 1. The molecule has 12 heteroatoms. The predicted octanol–water partition coefficient (Wildman–Crippen LogP) is 2.97. The fourth-order valence-corrected chi connectivity index (χ4v) is 5.37. The van der Waals surface area contributed by atoms with Crippen molar-refractivity contribution in [3.63, 3.8) is 0 Å². The van der Waals surface area contributed by atoms with Crippen LogP contribution in [0.4, 0.5) is 19.4 Å². The van der Waals surface area contributed by atoms with Crippen molar-refractivity contribution in [1.29, 1.82) is 0 Å². The van der Waals surface area contributed by atoms with Gasteiger partial charge in [0.25, 0.3) is 5.56 Å². The molecule has 2 saturated heterocycles. The largest absolute Gasteiger partial charge is 0.434 e. The maximum Gasteiger partial charge on any atom is 0.387 e. The number of rotatable bonds is 6. The summed E-state index contributed by atoms with van der Waals surface area (Å²) in [5.41, 5.74) is 3.28. The van der Waals surface area contributed by atoms with E-state index in [1.54, 1.807) is 42.3 Å². The maximum absolute atomic E-state index is 13.0. The lowest BCUT2D eigenvalue weighted by Gasteiger charge is -2.36. The molecule has 10 nitrogen and oxygen atoms in total. The summed E-state index contributed by atoms with van der Waals surface area (Å²) in [4.78, 5) is 38.1. The molecule has 2 fully saturated rings. The molecule has 0 saturated carbocycles. The molecule has 0 bridgehead atoms. The van der Waals surface area contributed by atoms with Crippen LogP contribution in [0.2, 0.25) is 0 Å². The Bertz CT molecular complexity index is 1620. The molecule has 202 valence electrons. The molecular weight excluding hydrogens is 508 g/mol. The number of amides is 2. The molecule has 39 heavy (non-hydrogen) atoms. The first-order valence-electron chi connectivity index (χ1n) is 12.6.